The molecule has 9 heteroatoms. The van der Waals surface area contributed by atoms with Crippen LogP contribution in [0.4, 0.5) is 0 Å². The Kier molecular flexibility index (Phi) is 6.18. The van der Waals surface area contributed by atoms with Crippen LogP contribution in [-0.2, 0) is 11.3 Å². The minimum atomic E-state index is -0.310. The first-order chi connectivity index (χ1) is 15.7. The van der Waals surface area contributed by atoms with Crippen molar-refractivity contribution >= 4 is 10.9 Å². The van der Waals surface area contributed by atoms with Crippen LogP contribution in [0.1, 0.15) is 56.5 Å². The summed E-state index contributed by atoms with van der Waals surface area (Å²) in [6.45, 7) is 5.76. The number of benzene rings is 1. The number of piperidine rings is 1. The van der Waals surface area contributed by atoms with E-state index in [9.17, 15) is 4.79 Å². The van der Waals surface area contributed by atoms with Gasteiger partial charge in [0.2, 0.25) is 0 Å². The van der Waals surface area contributed by atoms with Gasteiger partial charge >= 0.3 is 0 Å². The summed E-state index contributed by atoms with van der Waals surface area (Å²) in [5.74, 6) is 1.49. The lowest BCUT2D eigenvalue weighted by atomic mass is 10.0. The minimum Gasteiger partial charge on any atom is -0.494 e. The topological polar surface area (TPSA) is 98.2 Å². The van der Waals surface area contributed by atoms with Gasteiger partial charge in [0.15, 0.2) is 5.82 Å². The Morgan fingerprint density at radius 2 is 2.09 bits per heavy atom. The molecular weight excluding hydrogens is 408 g/mol. The molecular formula is C23H30N6O3. The molecule has 170 valence electrons. The number of aromatic nitrogens is 5. The fraction of sp³-hybridized carbons (Fsp3) is 0.565. The van der Waals surface area contributed by atoms with E-state index in [2.05, 4.69) is 25.4 Å². The second-order valence-corrected chi connectivity index (χ2v) is 8.59. The third-order valence-corrected chi connectivity index (χ3v) is 6.41. The Balaban J connectivity index is 1.58. The molecule has 0 unspecified atom stereocenters. The van der Waals surface area contributed by atoms with Crippen molar-refractivity contribution in [3.63, 3.8) is 0 Å². The fourth-order valence-corrected chi connectivity index (χ4v) is 4.86. The molecule has 2 aliphatic heterocycles. The number of likely N-dealkylation sites (tertiary alicyclic amines) is 1. The number of nitrogens with one attached hydrogen (secondary N) is 1. The smallest absolute Gasteiger partial charge is 0.253 e. The standard InChI is InChI=1S/C23H30N6O3/c1-2-31-17-8-9-20-16(13-17)14-19(23(30)24-20)21(28-10-4-3-5-11-28)22-25-26-27-29(22)15-18-7-6-12-32-18/h8-9,13-14,18,21H,2-7,10-12,15H2,1H3,(H,24,30)/t18-,21-/m1/s1. The molecule has 2 saturated heterocycles. The molecule has 2 aromatic heterocycles. The lowest BCUT2D eigenvalue weighted by Crippen LogP contribution is -2.39. The maximum absolute atomic E-state index is 13.3. The monoisotopic (exact) mass is 438 g/mol. The van der Waals surface area contributed by atoms with Crippen molar-refractivity contribution < 1.29 is 9.47 Å². The van der Waals surface area contributed by atoms with E-state index in [1.807, 2.05) is 35.9 Å². The van der Waals surface area contributed by atoms with E-state index in [0.29, 0.717) is 24.5 Å². The number of pyridine rings is 1. The molecule has 2 fully saturated rings. The molecule has 9 nitrogen and oxygen atoms in total. The van der Waals surface area contributed by atoms with Crippen molar-refractivity contribution in [1.82, 2.24) is 30.1 Å². The van der Waals surface area contributed by atoms with Crippen LogP contribution in [-0.4, -0.2) is 62.5 Å². The molecule has 0 amide bonds. The van der Waals surface area contributed by atoms with Crippen molar-refractivity contribution in [3.05, 3.63) is 46.0 Å². The number of tetrazole rings is 1. The van der Waals surface area contributed by atoms with E-state index in [1.54, 1.807) is 0 Å². The first-order valence-electron chi connectivity index (χ1n) is 11.6. The van der Waals surface area contributed by atoms with Gasteiger partial charge in [-0.3, -0.25) is 9.69 Å². The Morgan fingerprint density at radius 3 is 2.88 bits per heavy atom. The highest BCUT2D eigenvalue weighted by Crippen LogP contribution is 2.30. The molecule has 1 N–H and O–H groups in total. The highest BCUT2D eigenvalue weighted by molar-refractivity contribution is 5.80. The predicted octanol–water partition coefficient (Wildman–Crippen LogP) is 2.67. The number of rotatable bonds is 7. The Bertz CT molecular complexity index is 1110. The maximum Gasteiger partial charge on any atom is 0.253 e. The number of H-pyrrole nitrogens is 1. The van der Waals surface area contributed by atoms with Crippen LogP contribution in [0.5, 0.6) is 5.75 Å². The fourth-order valence-electron chi connectivity index (χ4n) is 4.86. The summed E-state index contributed by atoms with van der Waals surface area (Å²) in [5, 5.41) is 13.6. The number of nitrogens with zero attached hydrogens (tertiary/aromatic N) is 5. The zero-order chi connectivity index (χ0) is 21.9. The van der Waals surface area contributed by atoms with Crippen molar-refractivity contribution in [1.29, 1.82) is 0 Å². The normalized spacial score (nSPS) is 20.6. The highest BCUT2D eigenvalue weighted by atomic mass is 16.5. The summed E-state index contributed by atoms with van der Waals surface area (Å²) in [6, 6.07) is 7.41. The molecule has 0 saturated carbocycles. The molecule has 0 bridgehead atoms. The largest absolute Gasteiger partial charge is 0.494 e. The third kappa shape index (κ3) is 4.27. The molecule has 3 aromatic rings. The second-order valence-electron chi connectivity index (χ2n) is 8.59. The SMILES string of the molecule is CCOc1ccc2[nH]c(=O)c([C@H](c3nnnn3C[C@H]3CCCO3)N3CCCCC3)cc2c1. The Morgan fingerprint density at radius 1 is 1.22 bits per heavy atom. The summed E-state index contributed by atoms with van der Waals surface area (Å²) >= 11 is 0. The van der Waals surface area contributed by atoms with E-state index in [-0.39, 0.29) is 17.7 Å². The van der Waals surface area contributed by atoms with Gasteiger partial charge in [-0.25, -0.2) is 4.68 Å². The van der Waals surface area contributed by atoms with Gasteiger partial charge in [0.05, 0.1) is 19.3 Å². The van der Waals surface area contributed by atoms with Gasteiger partial charge in [0.25, 0.3) is 5.56 Å². The number of ether oxygens (including phenoxy) is 2. The van der Waals surface area contributed by atoms with E-state index in [0.717, 1.165) is 62.0 Å². The molecule has 4 heterocycles. The molecule has 5 rings (SSSR count). The average Bonchev–Trinajstić information content (AvgIpc) is 3.49. The Hall–Kier alpha value is -2.78. The lowest BCUT2D eigenvalue weighted by Gasteiger charge is -2.33. The zero-order valence-electron chi connectivity index (χ0n) is 18.5. The summed E-state index contributed by atoms with van der Waals surface area (Å²) in [6.07, 6.45) is 5.58. The van der Waals surface area contributed by atoms with Crippen molar-refractivity contribution in [2.45, 2.75) is 57.7 Å². The molecule has 0 spiro atoms. The third-order valence-electron chi connectivity index (χ3n) is 6.41. The molecule has 2 atom stereocenters. The second kappa shape index (κ2) is 9.38. The molecule has 0 radical (unpaired) electrons. The first-order valence-corrected chi connectivity index (χ1v) is 11.6. The van der Waals surface area contributed by atoms with Crippen molar-refractivity contribution in [3.8, 4) is 5.75 Å². The highest BCUT2D eigenvalue weighted by Gasteiger charge is 2.32. The number of hydrogen-bond acceptors (Lipinski definition) is 7. The average molecular weight is 439 g/mol. The molecule has 32 heavy (non-hydrogen) atoms. The van der Waals surface area contributed by atoms with Gasteiger partial charge in [-0.05, 0) is 80.4 Å². The van der Waals surface area contributed by atoms with Gasteiger partial charge in [-0.1, -0.05) is 6.42 Å². The van der Waals surface area contributed by atoms with Gasteiger partial charge < -0.3 is 14.5 Å². The van der Waals surface area contributed by atoms with E-state index < -0.39 is 0 Å². The van der Waals surface area contributed by atoms with Crippen LogP contribution < -0.4 is 10.3 Å². The lowest BCUT2D eigenvalue weighted by molar-refractivity contribution is 0.0902. The van der Waals surface area contributed by atoms with Crippen LogP contribution in [0.15, 0.2) is 29.1 Å². The van der Waals surface area contributed by atoms with Gasteiger partial charge in [-0.15, -0.1) is 5.10 Å². The van der Waals surface area contributed by atoms with E-state index >= 15 is 0 Å². The Labute approximate surface area is 186 Å². The zero-order valence-corrected chi connectivity index (χ0v) is 18.5. The van der Waals surface area contributed by atoms with Crippen LogP contribution in [0.2, 0.25) is 0 Å². The molecule has 0 aliphatic carbocycles. The summed E-state index contributed by atoms with van der Waals surface area (Å²) < 4.78 is 13.3. The first kappa shape index (κ1) is 21.1. The predicted molar refractivity (Wildman–Crippen MR) is 120 cm³/mol. The summed E-state index contributed by atoms with van der Waals surface area (Å²) in [7, 11) is 0. The van der Waals surface area contributed by atoms with Crippen LogP contribution in [0.25, 0.3) is 10.9 Å². The molecule has 2 aliphatic rings. The maximum atomic E-state index is 13.3. The quantitative estimate of drug-likeness (QED) is 0.606. The summed E-state index contributed by atoms with van der Waals surface area (Å²) in [5.41, 5.74) is 1.35. The minimum absolute atomic E-state index is 0.108. The number of aromatic amines is 1. The van der Waals surface area contributed by atoms with Gasteiger partial charge in [0, 0.05) is 23.1 Å². The van der Waals surface area contributed by atoms with Gasteiger partial charge in [-0.2, -0.15) is 0 Å². The van der Waals surface area contributed by atoms with E-state index in [1.165, 1.54) is 6.42 Å². The molecule has 1 aromatic carbocycles. The van der Waals surface area contributed by atoms with Gasteiger partial charge in [0.1, 0.15) is 11.8 Å². The van der Waals surface area contributed by atoms with E-state index in [4.69, 9.17) is 9.47 Å². The number of fused-ring (bicyclic) bond motifs is 1. The van der Waals surface area contributed by atoms with Crippen LogP contribution in [0, 0.1) is 0 Å². The van der Waals surface area contributed by atoms with Crippen LogP contribution in [0.3, 0.4) is 0 Å². The summed E-state index contributed by atoms with van der Waals surface area (Å²) in [4.78, 5) is 18.7. The van der Waals surface area contributed by atoms with Crippen molar-refractivity contribution in [2.24, 2.45) is 0 Å². The van der Waals surface area contributed by atoms with Crippen molar-refractivity contribution in [2.75, 3.05) is 26.3 Å². The van der Waals surface area contributed by atoms with Crippen LogP contribution >= 0.6 is 0 Å². The number of hydrogen-bond donors (Lipinski definition) is 1.